The molecular weight excluding hydrogens is 404 g/mol. The number of nitrogens with one attached hydrogen (secondary N) is 2. The number of benzene rings is 1. The Labute approximate surface area is 174 Å². The molecule has 2 amide bonds. The summed E-state index contributed by atoms with van der Waals surface area (Å²) in [5.74, 6) is -1.97. The van der Waals surface area contributed by atoms with Crippen LogP contribution in [0.1, 0.15) is 34.6 Å². The molecule has 0 heterocycles. The van der Waals surface area contributed by atoms with Crippen molar-refractivity contribution >= 4 is 49.0 Å². The summed E-state index contributed by atoms with van der Waals surface area (Å²) < 4.78 is 9.62. The quantitative estimate of drug-likeness (QED) is 0.325. The summed E-state index contributed by atoms with van der Waals surface area (Å²) >= 11 is 8.16. The summed E-state index contributed by atoms with van der Waals surface area (Å²) in [6, 6.07) is 6.02. The molecular formula is C18H24N2O6S2. The van der Waals surface area contributed by atoms with Crippen LogP contribution in [0.5, 0.6) is 0 Å². The zero-order valence-corrected chi connectivity index (χ0v) is 17.4. The number of hydrogen-bond donors (Lipinski definition) is 4. The van der Waals surface area contributed by atoms with Gasteiger partial charge in [0, 0.05) is 24.2 Å². The van der Waals surface area contributed by atoms with Gasteiger partial charge in [0.2, 0.25) is 0 Å². The number of hydrogen-bond acceptors (Lipinski definition) is 8. The van der Waals surface area contributed by atoms with Crippen molar-refractivity contribution in [2.45, 2.75) is 24.3 Å². The lowest BCUT2D eigenvalue weighted by Gasteiger charge is -2.12. The van der Waals surface area contributed by atoms with E-state index in [1.54, 1.807) is 19.9 Å². The van der Waals surface area contributed by atoms with Gasteiger partial charge >= 0.3 is 11.9 Å². The highest BCUT2D eigenvalue weighted by atomic mass is 32.1. The Hall–Kier alpha value is -2.20. The van der Waals surface area contributed by atoms with Crippen molar-refractivity contribution in [1.82, 2.24) is 10.6 Å². The molecule has 2 N–H and O–H groups in total. The molecule has 0 bridgehead atoms. The number of carbonyl (C=O) groups is 4. The van der Waals surface area contributed by atoms with E-state index in [-0.39, 0.29) is 37.4 Å². The fourth-order valence-electron chi connectivity index (χ4n) is 2.03. The van der Waals surface area contributed by atoms with E-state index in [2.05, 4.69) is 35.9 Å². The molecule has 2 unspecified atom stereocenters. The van der Waals surface area contributed by atoms with E-state index in [4.69, 9.17) is 9.47 Å². The van der Waals surface area contributed by atoms with Gasteiger partial charge in [-0.3, -0.25) is 19.2 Å². The van der Waals surface area contributed by atoms with E-state index in [0.29, 0.717) is 0 Å². The SMILES string of the molecule is CCOC(=O)C(S)CNC(=O)c1cccc(C(=O)NCC(S)C(=O)OCC)c1. The first-order valence-electron chi connectivity index (χ1n) is 8.66. The van der Waals surface area contributed by atoms with Crippen molar-refractivity contribution in [1.29, 1.82) is 0 Å². The van der Waals surface area contributed by atoms with Crippen molar-refractivity contribution in [3.8, 4) is 0 Å². The smallest absolute Gasteiger partial charge is 0.320 e. The molecule has 0 fully saturated rings. The van der Waals surface area contributed by atoms with E-state index in [0.717, 1.165) is 0 Å². The van der Waals surface area contributed by atoms with Gasteiger partial charge in [-0.15, -0.1) is 0 Å². The Bertz CT molecular complexity index is 658. The molecule has 1 aromatic rings. The van der Waals surface area contributed by atoms with Crippen molar-refractivity contribution in [3.05, 3.63) is 35.4 Å². The molecule has 10 heteroatoms. The summed E-state index contributed by atoms with van der Waals surface area (Å²) in [7, 11) is 0. The monoisotopic (exact) mass is 428 g/mol. The molecule has 154 valence electrons. The summed E-state index contributed by atoms with van der Waals surface area (Å²) in [5.41, 5.74) is 0.481. The first kappa shape index (κ1) is 23.8. The summed E-state index contributed by atoms with van der Waals surface area (Å²) in [4.78, 5) is 47.5. The third kappa shape index (κ3) is 7.81. The van der Waals surface area contributed by atoms with Crippen molar-refractivity contribution in [2.75, 3.05) is 26.3 Å². The lowest BCUT2D eigenvalue weighted by Crippen LogP contribution is -2.35. The van der Waals surface area contributed by atoms with Crippen LogP contribution in [0.15, 0.2) is 24.3 Å². The average Bonchev–Trinajstić information content (AvgIpc) is 2.69. The zero-order chi connectivity index (χ0) is 21.1. The van der Waals surface area contributed by atoms with E-state index in [1.165, 1.54) is 18.2 Å². The van der Waals surface area contributed by atoms with Crippen LogP contribution in [0, 0.1) is 0 Å². The largest absolute Gasteiger partial charge is 0.465 e. The highest BCUT2D eigenvalue weighted by molar-refractivity contribution is 7.82. The van der Waals surface area contributed by atoms with Gasteiger partial charge in [0.25, 0.3) is 11.8 Å². The van der Waals surface area contributed by atoms with Gasteiger partial charge in [-0.25, -0.2) is 0 Å². The Morgan fingerprint density at radius 3 is 1.61 bits per heavy atom. The van der Waals surface area contributed by atoms with Crippen LogP contribution in [-0.2, 0) is 19.1 Å². The summed E-state index contributed by atoms with van der Waals surface area (Å²) in [5, 5.41) is 3.55. The minimum atomic E-state index is -0.787. The average molecular weight is 429 g/mol. The summed E-state index contributed by atoms with van der Waals surface area (Å²) in [6.45, 7) is 3.77. The maximum atomic E-state index is 12.2. The van der Waals surface area contributed by atoms with Gasteiger partial charge in [0.15, 0.2) is 0 Å². The van der Waals surface area contributed by atoms with Crippen molar-refractivity contribution in [3.63, 3.8) is 0 Å². The molecule has 0 aliphatic heterocycles. The number of esters is 2. The molecule has 0 aliphatic carbocycles. The Balaban J connectivity index is 2.62. The highest BCUT2D eigenvalue weighted by Crippen LogP contribution is 2.07. The van der Waals surface area contributed by atoms with E-state index < -0.39 is 34.3 Å². The lowest BCUT2D eigenvalue weighted by molar-refractivity contribution is -0.143. The third-order valence-electron chi connectivity index (χ3n) is 3.42. The predicted octanol–water partition coefficient (Wildman–Crippen LogP) is 0.869. The van der Waals surface area contributed by atoms with E-state index >= 15 is 0 Å². The fraction of sp³-hybridized carbons (Fsp3) is 0.444. The van der Waals surface area contributed by atoms with E-state index in [1.807, 2.05) is 0 Å². The van der Waals surface area contributed by atoms with Crippen LogP contribution in [0.4, 0.5) is 0 Å². The normalized spacial score (nSPS) is 12.4. The first-order valence-corrected chi connectivity index (χ1v) is 9.69. The molecule has 1 aromatic carbocycles. The molecule has 0 radical (unpaired) electrons. The van der Waals surface area contributed by atoms with Crippen LogP contribution in [0.2, 0.25) is 0 Å². The van der Waals surface area contributed by atoms with Gasteiger partial charge in [-0.2, -0.15) is 25.3 Å². The van der Waals surface area contributed by atoms with E-state index in [9.17, 15) is 19.2 Å². The Morgan fingerprint density at radius 1 is 0.857 bits per heavy atom. The Kier molecular flexibility index (Phi) is 10.5. The van der Waals surface area contributed by atoms with Crippen LogP contribution >= 0.6 is 25.3 Å². The fourth-order valence-corrected chi connectivity index (χ4v) is 2.36. The maximum Gasteiger partial charge on any atom is 0.320 e. The molecule has 1 rings (SSSR count). The Morgan fingerprint density at radius 2 is 1.25 bits per heavy atom. The molecule has 0 saturated carbocycles. The molecule has 2 atom stereocenters. The van der Waals surface area contributed by atoms with Gasteiger partial charge in [-0.1, -0.05) is 6.07 Å². The molecule has 0 saturated heterocycles. The molecule has 0 aromatic heterocycles. The number of amides is 2. The van der Waals surface area contributed by atoms with Crippen LogP contribution in [0.3, 0.4) is 0 Å². The van der Waals surface area contributed by atoms with Gasteiger partial charge < -0.3 is 20.1 Å². The first-order chi connectivity index (χ1) is 13.3. The maximum absolute atomic E-state index is 12.2. The second-order valence-corrected chi connectivity index (χ2v) is 6.78. The second kappa shape index (κ2) is 12.3. The zero-order valence-electron chi connectivity index (χ0n) is 15.6. The summed E-state index contributed by atoms with van der Waals surface area (Å²) in [6.07, 6.45) is 0. The van der Waals surface area contributed by atoms with Crippen LogP contribution < -0.4 is 10.6 Å². The van der Waals surface area contributed by atoms with Gasteiger partial charge in [0.05, 0.1) is 13.2 Å². The number of carbonyl (C=O) groups excluding carboxylic acids is 4. The third-order valence-corrected chi connectivity index (χ3v) is 4.20. The molecule has 0 spiro atoms. The molecule has 28 heavy (non-hydrogen) atoms. The van der Waals surface area contributed by atoms with Crippen molar-refractivity contribution in [2.24, 2.45) is 0 Å². The molecule has 0 aliphatic rings. The minimum absolute atomic E-state index is 0.0158. The van der Waals surface area contributed by atoms with Crippen LogP contribution in [0.25, 0.3) is 0 Å². The van der Waals surface area contributed by atoms with Crippen molar-refractivity contribution < 1.29 is 28.7 Å². The van der Waals surface area contributed by atoms with Gasteiger partial charge in [-0.05, 0) is 32.0 Å². The predicted molar refractivity (Wildman–Crippen MR) is 110 cm³/mol. The van der Waals surface area contributed by atoms with Gasteiger partial charge in [0.1, 0.15) is 10.5 Å². The molecule has 8 nitrogen and oxygen atoms in total. The number of ether oxygens (including phenoxy) is 2. The highest BCUT2D eigenvalue weighted by Gasteiger charge is 2.18. The topological polar surface area (TPSA) is 111 Å². The number of rotatable bonds is 10. The number of thiol groups is 2. The standard InChI is InChI=1S/C18H24N2O6S2/c1-3-25-17(23)13(27)9-19-15(21)11-6-5-7-12(8-11)16(22)20-10-14(28)18(24)26-4-2/h5-8,13-14,27-28H,3-4,9-10H2,1-2H3,(H,19,21)(H,20,22). The minimum Gasteiger partial charge on any atom is -0.465 e. The lowest BCUT2D eigenvalue weighted by atomic mass is 10.1. The second-order valence-electron chi connectivity index (χ2n) is 5.54. The van der Waals surface area contributed by atoms with Crippen LogP contribution in [-0.4, -0.2) is 60.6 Å².